The summed E-state index contributed by atoms with van der Waals surface area (Å²) in [4.78, 5) is -0.0412. The van der Waals surface area contributed by atoms with Crippen LogP contribution in [0.1, 0.15) is 0 Å². The summed E-state index contributed by atoms with van der Waals surface area (Å²) in [6.45, 7) is 0. The Morgan fingerprint density at radius 3 is 2.05 bits per heavy atom. The number of hydrogen-bond acceptors (Lipinski definition) is 3. The van der Waals surface area contributed by atoms with E-state index in [1.807, 2.05) is 0 Å². The minimum absolute atomic E-state index is 0.0412. The van der Waals surface area contributed by atoms with Crippen LogP contribution in [0.4, 0.5) is 11.4 Å². The lowest BCUT2D eigenvalue weighted by atomic mass is 10.3. The number of hydrogen-bond donors (Lipinski definition) is 2. The Hall–Kier alpha value is -1.43. The zero-order chi connectivity index (χ0) is 14.0. The number of anilines is 2. The predicted molar refractivity (Wildman–Crippen MR) is 78.1 cm³/mol. The maximum absolute atomic E-state index is 12.1. The van der Waals surface area contributed by atoms with Gasteiger partial charge in [0.15, 0.2) is 0 Å². The number of nitrogens with one attached hydrogen (secondary N) is 1. The molecule has 0 aliphatic carbocycles. The zero-order valence-corrected chi connectivity index (χ0v) is 11.9. The largest absolute Gasteiger partial charge is 0.396 e. The molecule has 2 rings (SSSR count). The van der Waals surface area contributed by atoms with E-state index in [0.29, 0.717) is 5.69 Å². The normalized spacial score (nSPS) is 11.3. The van der Waals surface area contributed by atoms with Gasteiger partial charge in [0.25, 0.3) is 10.0 Å². The topological polar surface area (TPSA) is 72.2 Å². The fourth-order valence-electron chi connectivity index (χ4n) is 1.44. The highest BCUT2D eigenvalue weighted by atomic mass is 35.5. The van der Waals surface area contributed by atoms with Crippen LogP contribution in [0.2, 0.25) is 10.0 Å². The van der Waals surface area contributed by atoms with Crippen molar-refractivity contribution in [1.29, 1.82) is 0 Å². The van der Waals surface area contributed by atoms with Gasteiger partial charge in [0.05, 0.1) is 20.6 Å². The summed E-state index contributed by atoms with van der Waals surface area (Å²) < 4.78 is 26.7. The van der Waals surface area contributed by atoms with Gasteiger partial charge in [-0.25, -0.2) is 8.42 Å². The van der Waals surface area contributed by atoms with Gasteiger partial charge in [-0.2, -0.15) is 0 Å². The van der Waals surface area contributed by atoms with E-state index in [4.69, 9.17) is 28.9 Å². The van der Waals surface area contributed by atoms with Crippen molar-refractivity contribution >= 4 is 44.6 Å². The molecule has 2 aromatic rings. The van der Waals surface area contributed by atoms with Crippen molar-refractivity contribution in [3.63, 3.8) is 0 Å². The quantitative estimate of drug-likeness (QED) is 0.853. The molecule has 0 atom stereocenters. The molecule has 0 aliphatic rings. The first-order valence-electron chi connectivity index (χ1n) is 5.22. The third-order valence-electron chi connectivity index (χ3n) is 2.39. The second-order valence-electron chi connectivity index (χ2n) is 3.77. The van der Waals surface area contributed by atoms with E-state index in [0.717, 1.165) is 0 Å². The second kappa shape index (κ2) is 5.28. The Balaban J connectivity index is 2.40. The number of benzene rings is 2. The molecule has 0 aliphatic heterocycles. The van der Waals surface area contributed by atoms with Gasteiger partial charge in [0.2, 0.25) is 0 Å². The van der Waals surface area contributed by atoms with Crippen molar-refractivity contribution in [1.82, 2.24) is 0 Å². The van der Waals surface area contributed by atoms with Crippen LogP contribution < -0.4 is 10.5 Å². The Morgan fingerprint density at radius 1 is 1.00 bits per heavy atom. The monoisotopic (exact) mass is 316 g/mol. The standard InChI is InChI=1S/C12H10Cl2N2O2S/c13-10-6-9(7-11(14)12(10)15)19(17,18)16-8-4-2-1-3-5-8/h1-7,16H,15H2. The Kier molecular flexibility index (Phi) is 3.89. The maximum Gasteiger partial charge on any atom is 0.261 e. The fraction of sp³-hybridized carbons (Fsp3) is 0. The molecule has 0 aromatic heterocycles. The highest BCUT2D eigenvalue weighted by molar-refractivity contribution is 7.92. The Morgan fingerprint density at radius 2 is 1.53 bits per heavy atom. The van der Waals surface area contributed by atoms with Crippen molar-refractivity contribution in [2.75, 3.05) is 10.5 Å². The smallest absolute Gasteiger partial charge is 0.261 e. The maximum atomic E-state index is 12.1. The number of nitrogen functional groups attached to an aromatic ring is 1. The van der Waals surface area contributed by atoms with E-state index in [1.165, 1.54) is 12.1 Å². The summed E-state index contributed by atoms with van der Waals surface area (Å²) in [5, 5.41) is 0.196. The van der Waals surface area contributed by atoms with Crippen molar-refractivity contribution < 1.29 is 8.42 Å². The van der Waals surface area contributed by atoms with E-state index in [1.54, 1.807) is 30.3 Å². The third-order valence-corrected chi connectivity index (χ3v) is 4.38. The van der Waals surface area contributed by atoms with Gasteiger partial charge in [-0.15, -0.1) is 0 Å². The van der Waals surface area contributed by atoms with Crippen LogP contribution in [0.5, 0.6) is 0 Å². The Bertz CT molecular complexity index is 680. The van der Waals surface area contributed by atoms with Crippen molar-refractivity contribution in [2.24, 2.45) is 0 Å². The molecular weight excluding hydrogens is 307 g/mol. The van der Waals surface area contributed by atoms with Crippen LogP contribution in [0.15, 0.2) is 47.4 Å². The molecule has 0 amide bonds. The molecule has 3 N–H and O–H groups in total. The van der Waals surface area contributed by atoms with Crippen LogP contribution in [0.3, 0.4) is 0 Å². The van der Waals surface area contributed by atoms with E-state index in [2.05, 4.69) is 4.72 Å². The van der Waals surface area contributed by atoms with Crippen LogP contribution >= 0.6 is 23.2 Å². The molecule has 19 heavy (non-hydrogen) atoms. The molecule has 0 unspecified atom stereocenters. The highest BCUT2D eigenvalue weighted by Gasteiger charge is 2.17. The van der Waals surface area contributed by atoms with Crippen molar-refractivity contribution in [3.05, 3.63) is 52.5 Å². The molecule has 0 saturated heterocycles. The molecule has 0 radical (unpaired) electrons. The van der Waals surface area contributed by atoms with E-state index >= 15 is 0 Å². The number of para-hydroxylation sites is 1. The van der Waals surface area contributed by atoms with Crippen LogP contribution in [-0.4, -0.2) is 8.42 Å². The molecule has 0 spiro atoms. The molecule has 2 aromatic carbocycles. The molecule has 0 bridgehead atoms. The van der Waals surface area contributed by atoms with Gasteiger partial charge in [-0.1, -0.05) is 41.4 Å². The fourth-order valence-corrected chi connectivity index (χ4v) is 3.16. The van der Waals surface area contributed by atoms with Crippen LogP contribution in [0, 0.1) is 0 Å². The zero-order valence-electron chi connectivity index (χ0n) is 9.60. The number of rotatable bonds is 3. The van der Waals surface area contributed by atoms with Crippen LogP contribution in [0.25, 0.3) is 0 Å². The van der Waals surface area contributed by atoms with Gasteiger partial charge in [-0.05, 0) is 24.3 Å². The molecule has 0 heterocycles. The lowest BCUT2D eigenvalue weighted by Crippen LogP contribution is -2.13. The van der Waals surface area contributed by atoms with Gasteiger partial charge in [0.1, 0.15) is 0 Å². The van der Waals surface area contributed by atoms with Gasteiger partial charge in [-0.3, -0.25) is 4.72 Å². The third kappa shape index (κ3) is 3.12. The van der Waals surface area contributed by atoms with E-state index in [-0.39, 0.29) is 20.6 Å². The predicted octanol–water partition coefficient (Wildman–Crippen LogP) is 3.38. The molecule has 0 saturated carbocycles. The first-order chi connectivity index (χ1) is 8.90. The lowest BCUT2D eigenvalue weighted by molar-refractivity contribution is 0.601. The van der Waals surface area contributed by atoms with Gasteiger partial charge >= 0.3 is 0 Å². The summed E-state index contributed by atoms with van der Waals surface area (Å²) in [5.41, 5.74) is 6.17. The minimum Gasteiger partial charge on any atom is -0.396 e. The average molecular weight is 317 g/mol. The first kappa shape index (κ1) is 14.0. The number of sulfonamides is 1. The first-order valence-corrected chi connectivity index (χ1v) is 7.46. The number of halogens is 2. The Labute approximate surface area is 121 Å². The summed E-state index contributed by atoms with van der Waals surface area (Å²) in [7, 11) is -3.75. The lowest BCUT2D eigenvalue weighted by Gasteiger charge is -2.10. The van der Waals surface area contributed by atoms with Crippen molar-refractivity contribution in [2.45, 2.75) is 4.90 Å². The summed E-state index contributed by atoms with van der Waals surface area (Å²) >= 11 is 11.7. The minimum atomic E-state index is -3.75. The molecule has 4 nitrogen and oxygen atoms in total. The van der Waals surface area contributed by atoms with Crippen LogP contribution in [-0.2, 0) is 10.0 Å². The van der Waals surface area contributed by atoms with Gasteiger partial charge < -0.3 is 5.73 Å². The van der Waals surface area contributed by atoms with E-state index in [9.17, 15) is 8.42 Å². The van der Waals surface area contributed by atoms with Crippen molar-refractivity contribution in [3.8, 4) is 0 Å². The highest BCUT2D eigenvalue weighted by Crippen LogP contribution is 2.31. The average Bonchev–Trinajstić information content (AvgIpc) is 2.36. The molecular formula is C12H10Cl2N2O2S. The van der Waals surface area contributed by atoms with E-state index < -0.39 is 10.0 Å². The molecule has 0 fully saturated rings. The SMILES string of the molecule is Nc1c(Cl)cc(S(=O)(=O)Nc2ccccc2)cc1Cl. The summed E-state index contributed by atoms with van der Waals surface area (Å²) in [5.74, 6) is 0. The summed E-state index contributed by atoms with van der Waals surface area (Å²) in [6.07, 6.45) is 0. The molecule has 100 valence electrons. The summed E-state index contributed by atoms with van der Waals surface area (Å²) in [6, 6.07) is 11.0. The second-order valence-corrected chi connectivity index (χ2v) is 6.27. The molecule has 7 heteroatoms. The van der Waals surface area contributed by atoms with Gasteiger partial charge in [0, 0.05) is 5.69 Å². The number of nitrogens with two attached hydrogens (primary N) is 1.